The van der Waals surface area contributed by atoms with Crippen LogP contribution >= 0.6 is 0 Å². The molecule has 1 heterocycles. The minimum Gasteiger partial charge on any atom is -0.487 e. The highest BCUT2D eigenvalue weighted by Gasteiger charge is 2.19. The molecule has 2 N–H and O–H groups in total. The Bertz CT molecular complexity index is 542. The largest absolute Gasteiger partial charge is 0.487 e. The smallest absolute Gasteiger partial charge is 0.311 e. The van der Waals surface area contributed by atoms with E-state index in [2.05, 4.69) is 10.6 Å². The zero-order chi connectivity index (χ0) is 15.9. The SMILES string of the molecule is CCOc1ccc(C(=O)NCC2CCCNC2)cc1[N+](=O)[O-]. The van der Waals surface area contributed by atoms with Gasteiger partial charge in [-0.1, -0.05) is 0 Å². The molecule has 7 heteroatoms. The van der Waals surface area contributed by atoms with E-state index >= 15 is 0 Å². The number of rotatable bonds is 6. The Morgan fingerprint density at radius 2 is 2.36 bits per heavy atom. The van der Waals surface area contributed by atoms with Gasteiger partial charge < -0.3 is 15.4 Å². The Morgan fingerprint density at radius 3 is 3.00 bits per heavy atom. The molecule has 0 bridgehead atoms. The predicted octanol–water partition coefficient (Wildman–Crippen LogP) is 1.72. The van der Waals surface area contributed by atoms with Crippen molar-refractivity contribution in [2.75, 3.05) is 26.2 Å². The fourth-order valence-electron chi connectivity index (χ4n) is 2.52. The third kappa shape index (κ3) is 4.17. The molecule has 1 fully saturated rings. The first-order valence-electron chi connectivity index (χ1n) is 7.52. The molecule has 0 radical (unpaired) electrons. The zero-order valence-electron chi connectivity index (χ0n) is 12.6. The molecule has 22 heavy (non-hydrogen) atoms. The summed E-state index contributed by atoms with van der Waals surface area (Å²) < 4.78 is 5.21. The summed E-state index contributed by atoms with van der Waals surface area (Å²) in [4.78, 5) is 22.7. The fraction of sp³-hybridized carbons (Fsp3) is 0.533. The topological polar surface area (TPSA) is 93.5 Å². The number of benzene rings is 1. The maximum atomic E-state index is 12.1. The van der Waals surface area contributed by atoms with Crippen LogP contribution in [0.3, 0.4) is 0 Å². The minimum absolute atomic E-state index is 0.181. The Balaban J connectivity index is 2.02. The molecule has 1 saturated heterocycles. The van der Waals surface area contributed by atoms with Crippen molar-refractivity contribution in [3.8, 4) is 5.75 Å². The molecule has 1 amide bonds. The lowest BCUT2D eigenvalue weighted by Crippen LogP contribution is -2.38. The molecule has 120 valence electrons. The van der Waals surface area contributed by atoms with Crippen LogP contribution in [0, 0.1) is 16.0 Å². The van der Waals surface area contributed by atoms with Crippen molar-refractivity contribution in [2.45, 2.75) is 19.8 Å². The van der Waals surface area contributed by atoms with Crippen LogP contribution in [-0.2, 0) is 0 Å². The molecule has 0 spiro atoms. The average Bonchev–Trinajstić information content (AvgIpc) is 2.54. The van der Waals surface area contributed by atoms with Gasteiger partial charge >= 0.3 is 5.69 Å². The lowest BCUT2D eigenvalue weighted by atomic mass is 9.99. The number of nitro groups is 1. The maximum absolute atomic E-state index is 12.1. The zero-order valence-corrected chi connectivity index (χ0v) is 12.6. The average molecular weight is 307 g/mol. The summed E-state index contributed by atoms with van der Waals surface area (Å²) in [5.74, 6) is 0.299. The Morgan fingerprint density at radius 1 is 1.55 bits per heavy atom. The van der Waals surface area contributed by atoms with Crippen LogP contribution in [-0.4, -0.2) is 37.1 Å². The first-order chi connectivity index (χ1) is 10.6. The predicted molar refractivity (Wildman–Crippen MR) is 82.2 cm³/mol. The van der Waals surface area contributed by atoms with Crippen LogP contribution in [0.25, 0.3) is 0 Å². The number of nitrogens with zero attached hydrogens (tertiary/aromatic N) is 1. The van der Waals surface area contributed by atoms with Crippen molar-refractivity contribution < 1.29 is 14.5 Å². The van der Waals surface area contributed by atoms with E-state index < -0.39 is 4.92 Å². The molecule has 0 saturated carbocycles. The molecular formula is C15H21N3O4. The van der Waals surface area contributed by atoms with Crippen LogP contribution in [0.2, 0.25) is 0 Å². The highest BCUT2D eigenvalue weighted by atomic mass is 16.6. The summed E-state index contributed by atoms with van der Waals surface area (Å²) in [6.45, 7) is 4.58. The normalized spacial score (nSPS) is 17.8. The van der Waals surface area contributed by atoms with Gasteiger partial charge in [0, 0.05) is 18.2 Å². The highest BCUT2D eigenvalue weighted by molar-refractivity contribution is 5.95. The van der Waals surface area contributed by atoms with Gasteiger partial charge in [-0.05, 0) is 50.9 Å². The van der Waals surface area contributed by atoms with E-state index in [9.17, 15) is 14.9 Å². The van der Waals surface area contributed by atoms with Gasteiger partial charge in [0.1, 0.15) is 0 Å². The van der Waals surface area contributed by atoms with E-state index in [1.54, 1.807) is 13.0 Å². The van der Waals surface area contributed by atoms with Gasteiger partial charge in [-0.3, -0.25) is 14.9 Å². The van der Waals surface area contributed by atoms with Crippen LogP contribution < -0.4 is 15.4 Å². The maximum Gasteiger partial charge on any atom is 0.311 e. The number of carbonyl (C=O) groups excluding carboxylic acids is 1. The number of nitro benzene ring substituents is 1. The summed E-state index contributed by atoms with van der Waals surface area (Å²) in [6, 6.07) is 4.28. The number of amides is 1. The van der Waals surface area contributed by atoms with Crippen LogP contribution in [0.5, 0.6) is 5.75 Å². The number of nitrogens with one attached hydrogen (secondary N) is 2. The lowest BCUT2D eigenvalue weighted by molar-refractivity contribution is -0.385. The molecule has 0 aliphatic carbocycles. The van der Waals surface area contributed by atoms with Crippen molar-refractivity contribution >= 4 is 11.6 Å². The highest BCUT2D eigenvalue weighted by Crippen LogP contribution is 2.28. The van der Waals surface area contributed by atoms with Gasteiger partial charge in [0.25, 0.3) is 5.91 Å². The first kappa shape index (κ1) is 16.2. The van der Waals surface area contributed by atoms with Crippen LogP contribution in [0.1, 0.15) is 30.1 Å². The second-order valence-corrected chi connectivity index (χ2v) is 5.30. The molecule has 1 unspecified atom stereocenters. The quantitative estimate of drug-likeness (QED) is 0.616. The van der Waals surface area contributed by atoms with Gasteiger partial charge in [0.2, 0.25) is 0 Å². The standard InChI is InChI=1S/C15H21N3O4/c1-2-22-14-6-5-12(8-13(14)18(20)21)15(19)17-10-11-4-3-7-16-9-11/h5-6,8,11,16H,2-4,7,9-10H2,1H3,(H,17,19). The van der Waals surface area contributed by atoms with Gasteiger partial charge in [0.15, 0.2) is 5.75 Å². The number of carbonyl (C=O) groups is 1. The van der Waals surface area contributed by atoms with Crippen LogP contribution in [0.4, 0.5) is 5.69 Å². The summed E-state index contributed by atoms with van der Waals surface area (Å²) in [7, 11) is 0. The van der Waals surface area contributed by atoms with Gasteiger partial charge in [-0.15, -0.1) is 0 Å². The summed E-state index contributed by atoms with van der Waals surface area (Å²) in [5.41, 5.74) is 0.0905. The van der Waals surface area contributed by atoms with E-state index in [1.165, 1.54) is 12.1 Å². The number of hydrogen-bond donors (Lipinski definition) is 2. The molecule has 0 aromatic heterocycles. The number of hydrogen-bond acceptors (Lipinski definition) is 5. The first-order valence-corrected chi connectivity index (χ1v) is 7.52. The minimum atomic E-state index is -0.535. The molecule has 2 rings (SSSR count). The van der Waals surface area contributed by atoms with Gasteiger partial charge in [-0.2, -0.15) is 0 Å². The third-order valence-corrected chi connectivity index (χ3v) is 3.67. The van der Waals surface area contributed by atoms with E-state index in [4.69, 9.17) is 4.74 Å². The van der Waals surface area contributed by atoms with Crippen molar-refractivity contribution in [1.82, 2.24) is 10.6 Å². The van der Waals surface area contributed by atoms with Crippen molar-refractivity contribution in [3.63, 3.8) is 0 Å². The second kappa shape index (κ2) is 7.74. The van der Waals surface area contributed by atoms with Crippen molar-refractivity contribution in [1.29, 1.82) is 0 Å². The molecule has 1 aliphatic rings. The summed E-state index contributed by atoms with van der Waals surface area (Å²) in [5, 5.41) is 17.2. The van der Waals surface area contributed by atoms with E-state index in [0.717, 1.165) is 25.9 Å². The third-order valence-electron chi connectivity index (χ3n) is 3.67. The van der Waals surface area contributed by atoms with E-state index in [1.807, 2.05) is 0 Å². The van der Waals surface area contributed by atoms with Crippen molar-refractivity contribution in [3.05, 3.63) is 33.9 Å². The van der Waals surface area contributed by atoms with E-state index in [-0.39, 0.29) is 22.9 Å². The molecule has 1 aromatic rings. The molecule has 1 aliphatic heterocycles. The monoisotopic (exact) mass is 307 g/mol. The second-order valence-electron chi connectivity index (χ2n) is 5.30. The fourth-order valence-corrected chi connectivity index (χ4v) is 2.52. The Kier molecular flexibility index (Phi) is 5.71. The van der Waals surface area contributed by atoms with Gasteiger partial charge in [-0.25, -0.2) is 0 Å². The molecular weight excluding hydrogens is 286 g/mol. The number of piperidine rings is 1. The molecule has 1 aromatic carbocycles. The Hall–Kier alpha value is -2.15. The summed E-state index contributed by atoms with van der Waals surface area (Å²) >= 11 is 0. The lowest BCUT2D eigenvalue weighted by Gasteiger charge is -2.22. The number of ether oxygens (including phenoxy) is 1. The summed E-state index contributed by atoms with van der Waals surface area (Å²) in [6.07, 6.45) is 2.19. The molecule has 1 atom stereocenters. The van der Waals surface area contributed by atoms with Crippen molar-refractivity contribution in [2.24, 2.45) is 5.92 Å². The molecule has 7 nitrogen and oxygen atoms in total. The van der Waals surface area contributed by atoms with E-state index in [0.29, 0.717) is 19.1 Å². The Labute approximate surface area is 129 Å². The van der Waals surface area contributed by atoms with Gasteiger partial charge in [0.05, 0.1) is 11.5 Å². The van der Waals surface area contributed by atoms with Crippen LogP contribution in [0.15, 0.2) is 18.2 Å².